The SMILES string of the molecule is Cc1ccc(N(C2CCOCC2)S(=O)(=O)/N=C(\[O-])Nc2c3c(cc4c2CCC4)CCC3)o1. The summed E-state index contributed by atoms with van der Waals surface area (Å²) in [5, 5.41) is 15.8. The van der Waals surface area contributed by atoms with E-state index in [0.29, 0.717) is 31.8 Å². The van der Waals surface area contributed by atoms with Crippen molar-refractivity contribution >= 4 is 27.8 Å². The van der Waals surface area contributed by atoms with Crippen LogP contribution in [0.3, 0.4) is 0 Å². The Morgan fingerprint density at radius 3 is 2.34 bits per heavy atom. The van der Waals surface area contributed by atoms with Crippen LogP contribution in [0, 0.1) is 6.92 Å². The predicted molar refractivity (Wildman–Crippen MR) is 120 cm³/mol. The van der Waals surface area contributed by atoms with E-state index in [4.69, 9.17) is 9.15 Å². The van der Waals surface area contributed by atoms with Crippen molar-refractivity contribution in [3.63, 3.8) is 0 Å². The Labute approximate surface area is 188 Å². The van der Waals surface area contributed by atoms with Crippen LogP contribution in [0.2, 0.25) is 0 Å². The number of furan rings is 1. The average Bonchev–Trinajstić information content (AvgIpc) is 3.49. The standard InChI is InChI=1S/C23H29N3O5S/c1-15-8-9-21(31-15)26(18-10-12-30-13-11-18)32(28,29)25-23(27)24-22-19-6-2-4-16(19)14-17-5-3-7-20(17)22/h8-9,14,18H,2-7,10-13H2,1H3,(H2,24,25,27)/p-1. The van der Waals surface area contributed by atoms with Crippen LogP contribution < -0.4 is 14.7 Å². The maximum atomic E-state index is 13.3. The van der Waals surface area contributed by atoms with E-state index in [-0.39, 0.29) is 11.9 Å². The molecule has 0 atom stereocenters. The molecular weight excluding hydrogens is 430 g/mol. The first kappa shape index (κ1) is 21.3. The van der Waals surface area contributed by atoms with Gasteiger partial charge in [-0.25, -0.2) is 4.31 Å². The highest BCUT2D eigenvalue weighted by molar-refractivity contribution is 7.91. The molecule has 0 amide bonds. The Hall–Kier alpha value is -2.52. The Kier molecular flexibility index (Phi) is 5.63. The van der Waals surface area contributed by atoms with Gasteiger partial charge in [0.25, 0.3) is 0 Å². The fraction of sp³-hybridized carbons (Fsp3) is 0.522. The third kappa shape index (κ3) is 3.99. The number of benzene rings is 1. The summed E-state index contributed by atoms with van der Waals surface area (Å²) in [6.07, 6.45) is 6.89. The molecule has 0 unspecified atom stereocenters. The number of hydrogen-bond acceptors (Lipinski definition) is 5. The maximum Gasteiger partial charge on any atom is 0.348 e. The first-order chi connectivity index (χ1) is 15.4. The van der Waals surface area contributed by atoms with Crippen LogP contribution in [0.4, 0.5) is 11.6 Å². The molecule has 2 aromatic rings. The largest absolute Gasteiger partial charge is 0.845 e. The number of aryl methyl sites for hydroxylation is 3. The molecule has 1 saturated heterocycles. The van der Waals surface area contributed by atoms with E-state index in [2.05, 4.69) is 15.8 Å². The molecule has 2 heterocycles. The van der Waals surface area contributed by atoms with E-state index in [9.17, 15) is 13.5 Å². The highest BCUT2D eigenvalue weighted by Gasteiger charge is 2.34. The predicted octanol–water partition coefficient (Wildman–Crippen LogP) is 2.62. The Bertz CT molecular complexity index is 1120. The zero-order valence-electron chi connectivity index (χ0n) is 18.2. The number of fused-ring (bicyclic) bond motifs is 2. The minimum absolute atomic E-state index is 0.174. The van der Waals surface area contributed by atoms with Crippen molar-refractivity contribution in [2.24, 2.45) is 4.40 Å². The second-order valence-electron chi connectivity index (χ2n) is 8.76. The minimum atomic E-state index is -4.31. The molecule has 32 heavy (non-hydrogen) atoms. The van der Waals surface area contributed by atoms with E-state index in [0.717, 1.165) is 59.6 Å². The van der Waals surface area contributed by atoms with E-state index >= 15 is 0 Å². The number of amidine groups is 1. The minimum Gasteiger partial charge on any atom is -0.845 e. The first-order valence-corrected chi connectivity index (χ1v) is 12.7. The monoisotopic (exact) mass is 458 g/mol. The lowest BCUT2D eigenvalue weighted by molar-refractivity contribution is -0.213. The van der Waals surface area contributed by atoms with Crippen LogP contribution in [0.1, 0.15) is 53.7 Å². The zero-order valence-corrected chi connectivity index (χ0v) is 19.0. The molecule has 1 N–H and O–H groups in total. The molecule has 1 aliphatic heterocycles. The van der Waals surface area contributed by atoms with Gasteiger partial charge >= 0.3 is 10.2 Å². The number of anilines is 2. The Balaban J connectivity index is 1.48. The smallest absolute Gasteiger partial charge is 0.348 e. The highest BCUT2D eigenvalue weighted by atomic mass is 32.2. The number of ether oxygens (including phenoxy) is 1. The average molecular weight is 459 g/mol. The van der Waals surface area contributed by atoms with Crippen molar-refractivity contribution in [1.82, 2.24) is 0 Å². The van der Waals surface area contributed by atoms with Crippen LogP contribution in [0.5, 0.6) is 0 Å². The van der Waals surface area contributed by atoms with Gasteiger partial charge in [-0.3, -0.25) is 0 Å². The van der Waals surface area contributed by atoms with E-state index in [1.54, 1.807) is 19.1 Å². The van der Waals surface area contributed by atoms with Gasteiger partial charge in [-0.1, -0.05) is 6.07 Å². The summed E-state index contributed by atoms with van der Waals surface area (Å²) < 4.78 is 42.4. The Morgan fingerprint density at radius 1 is 1.09 bits per heavy atom. The molecule has 0 radical (unpaired) electrons. The molecule has 0 spiro atoms. The molecule has 0 bridgehead atoms. The summed E-state index contributed by atoms with van der Waals surface area (Å²) in [4.78, 5) is 0. The van der Waals surface area contributed by atoms with Crippen molar-refractivity contribution in [3.8, 4) is 0 Å². The van der Waals surface area contributed by atoms with Crippen molar-refractivity contribution in [1.29, 1.82) is 0 Å². The summed E-state index contributed by atoms with van der Waals surface area (Å²) in [5.74, 6) is 0.763. The summed E-state index contributed by atoms with van der Waals surface area (Å²) in [6, 6.07) is 4.33. The lowest BCUT2D eigenvalue weighted by Crippen LogP contribution is -2.44. The second kappa shape index (κ2) is 8.44. The van der Waals surface area contributed by atoms with Gasteiger partial charge in [0, 0.05) is 25.0 Å². The number of hydrogen-bond donors (Lipinski definition) is 1. The molecule has 1 fully saturated rings. The second-order valence-corrected chi connectivity index (χ2v) is 10.2. The van der Waals surface area contributed by atoms with Crippen molar-refractivity contribution < 1.29 is 22.7 Å². The number of nitrogens with one attached hydrogen (secondary N) is 1. The van der Waals surface area contributed by atoms with Crippen LogP contribution in [0.15, 0.2) is 27.0 Å². The number of rotatable bonds is 5. The van der Waals surface area contributed by atoms with E-state index < -0.39 is 16.2 Å². The van der Waals surface area contributed by atoms with Gasteiger partial charge in [0.15, 0.2) is 0 Å². The third-order valence-corrected chi connectivity index (χ3v) is 7.99. The Morgan fingerprint density at radius 2 is 1.75 bits per heavy atom. The third-order valence-electron chi connectivity index (χ3n) is 6.62. The first-order valence-electron chi connectivity index (χ1n) is 11.3. The molecule has 0 saturated carbocycles. The normalized spacial score (nSPS) is 19.1. The quantitative estimate of drug-likeness (QED) is 0.545. The van der Waals surface area contributed by atoms with Gasteiger partial charge in [0.05, 0.1) is 12.1 Å². The summed E-state index contributed by atoms with van der Waals surface area (Å²) in [6.45, 7) is 2.65. The number of nitrogens with zero attached hydrogens (tertiary/aromatic N) is 2. The maximum absolute atomic E-state index is 13.3. The topological polar surface area (TPSA) is 107 Å². The summed E-state index contributed by atoms with van der Waals surface area (Å²) in [7, 11) is -4.31. The summed E-state index contributed by atoms with van der Waals surface area (Å²) >= 11 is 0. The molecule has 3 aliphatic rings. The molecule has 1 aromatic carbocycles. The molecule has 2 aliphatic carbocycles. The van der Waals surface area contributed by atoms with Crippen LogP contribution in [-0.2, 0) is 40.6 Å². The van der Waals surface area contributed by atoms with Gasteiger partial charge in [0.1, 0.15) is 5.76 Å². The molecule has 1 aromatic heterocycles. The van der Waals surface area contributed by atoms with Crippen LogP contribution in [0.25, 0.3) is 0 Å². The van der Waals surface area contributed by atoms with Crippen LogP contribution >= 0.6 is 0 Å². The van der Waals surface area contributed by atoms with Gasteiger partial charge in [0.2, 0.25) is 5.88 Å². The zero-order chi connectivity index (χ0) is 22.3. The van der Waals surface area contributed by atoms with Gasteiger partial charge in [-0.2, -0.15) is 8.42 Å². The summed E-state index contributed by atoms with van der Waals surface area (Å²) in [5.41, 5.74) is 5.57. The van der Waals surface area contributed by atoms with E-state index in [1.807, 2.05) is 0 Å². The van der Waals surface area contributed by atoms with Crippen molar-refractivity contribution in [2.75, 3.05) is 22.8 Å². The van der Waals surface area contributed by atoms with Crippen molar-refractivity contribution in [2.45, 2.75) is 64.3 Å². The fourth-order valence-corrected chi connectivity index (χ4v) is 6.44. The lowest BCUT2D eigenvalue weighted by atomic mass is 9.99. The van der Waals surface area contributed by atoms with E-state index in [1.165, 1.54) is 11.1 Å². The van der Waals surface area contributed by atoms with Gasteiger partial charge in [-0.05, 0) is 86.6 Å². The molecule has 8 nitrogen and oxygen atoms in total. The lowest BCUT2D eigenvalue weighted by Gasteiger charge is -2.32. The van der Waals surface area contributed by atoms with Gasteiger partial charge < -0.3 is 19.6 Å². The van der Waals surface area contributed by atoms with Crippen molar-refractivity contribution in [3.05, 3.63) is 46.2 Å². The molecule has 5 rings (SSSR count). The fourth-order valence-electron chi connectivity index (χ4n) is 5.19. The molecule has 172 valence electrons. The van der Waals surface area contributed by atoms with Gasteiger partial charge in [-0.15, -0.1) is 4.40 Å². The molecule has 9 heteroatoms. The molecular formula is C23H28N3O5S-. The highest BCUT2D eigenvalue weighted by Crippen LogP contribution is 2.38. The van der Waals surface area contributed by atoms with Crippen LogP contribution in [-0.4, -0.2) is 33.7 Å².